The van der Waals surface area contributed by atoms with Crippen LogP contribution in [0.25, 0.3) is 0 Å². The van der Waals surface area contributed by atoms with Gasteiger partial charge >= 0.3 is 0 Å². The summed E-state index contributed by atoms with van der Waals surface area (Å²) < 4.78 is 0. The molecule has 3 heteroatoms. The number of hydrogen-bond acceptors (Lipinski definition) is 1. The second kappa shape index (κ2) is 4.75. The van der Waals surface area contributed by atoms with Crippen LogP contribution in [0.15, 0.2) is 41.5 Å². The third-order valence-corrected chi connectivity index (χ3v) is 8.81. The van der Waals surface area contributed by atoms with Gasteiger partial charge in [0.1, 0.15) is 0 Å². The number of rotatable bonds is 2. The normalized spacial score (nSPS) is 36.9. The molecule has 0 aliphatic carbocycles. The summed E-state index contributed by atoms with van der Waals surface area (Å²) in [5.74, 6) is 0.549. The lowest BCUT2D eigenvalue weighted by molar-refractivity contribution is -0.115. The van der Waals surface area contributed by atoms with Crippen molar-refractivity contribution in [2.75, 3.05) is 0 Å². The fraction of sp³-hybridized carbons (Fsp3) is 0.438. The lowest BCUT2D eigenvalue weighted by Gasteiger charge is -2.26. The maximum absolute atomic E-state index is 11.9. The number of thiol groups is 1. The Morgan fingerprint density at radius 2 is 1.68 bits per heavy atom. The van der Waals surface area contributed by atoms with E-state index in [0.717, 1.165) is 0 Å². The van der Waals surface area contributed by atoms with Gasteiger partial charge in [-0.1, -0.05) is 56.3 Å². The Bertz CT molecular complexity index is 551. The predicted molar refractivity (Wildman–Crippen MR) is 85.6 cm³/mol. The molecule has 2 heterocycles. The summed E-state index contributed by atoms with van der Waals surface area (Å²) in [6.07, 6.45) is 0. The Kier molecular flexibility index (Phi) is 3.35. The second-order valence-electron chi connectivity index (χ2n) is 5.72. The highest BCUT2D eigenvalue weighted by Crippen LogP contribution is 2.69. The van der Waals surface area contributed by atoms with E-state index in [2.05, 4.69) is 63.7 Å². The van der Waals surface area contributed by atoms with Gasteiger partial charge in [-0.3, -0.25) is 4.79 Å². The van der Waals surface area contributed by atoms with Crippen molar-refractivity contribution in [3.8, 4) is 0 Å². The van der Waals surface area contributed by atoms with Crippen molar-refractivity contribution in [1.29, 1.82) is 0 Å². The molecule has 1 unspecified atom stereocenters. The van der Waals surface area contributed by atoms with E-state index in [-0.39, 0.29) is 19.0 Å². The molecule has 19 heavy (non-hydrogen) atoms. The summed E-state index contributed by atoms with van der Waals surface area (Å²) in [7, 11) is -0.285. The summed E-state index contributed by atoms with van der Waals surface area (Å²) >= 11 is 4.16. The highest BCUT2D eigenvalue weighted by Gasteiger charge is 2.56. The van der Waals surface area contributed by atoms with Crippen molar-refractivity contribution >= 4 is 31.0 Å². The van der Waals surface area contributed by atoms with Crippen LogP contribution in [0.4, 0.5) is 0 Å². The molecule has 3 rings (SSSR count). The van der Waals surface area contributed by atoms with E-state index < -0.39 is 0 Å². The predicted octanol–water partition coefficient (Wildman–Crippen LogP) is 3.60. The van der Waals surface area contributed by atoms with Gasteiger partial charge in [0.15, 0.2) is 5.12 Å². The van der Waals surface area contributed by atoms with Crippen LogP contribution in [-0.2, 0) is 4.79 Å². The van der Waals surface area contributed by atoms with Gasteiger partial charge in [-0.05, 0) is 25.1 Å². The molecule has 100 valence electrons. The summed E-state index contributed by atoms with van der Waals surface area (Å²) in [6.45, 7) is 6.71. The molecule has 1 fully saturated rings. The molecule has 0 spiro atoms. The van der Waals surface area contributed by atoms with Gasteiger partial charge in [0.25, 0.3) is 0 Å². The quantitative estimate of drug-likeness (QED) is 0.500. The largest absolute Gasteiger partial charge is 0.287 e. The zero-order chi connectivity index (χ0) is 13.7. The first-order valence-corrected chi connectivity index (χ1v) is 8.70. The van der Waals surface area contributed by atoms with Crippen LogP contribution in [0.2, 0.25) is 0 Å². The minimum atomic E-state index is -0.285. The van der Waals surface area contributed by atoms with Gasteiger partial charge in [-0.25, -0.2) is 0 Å². The first kappa shape index (κ1) is 13.4. The molecule has 0 radical (unpaired) electrons. The number of benzene rings is 1. The van der Waals surface area contributed by atoms with Crippen LogP contribution in [0, 0.1) is 11.8 Å². The van der Waals surface area contributed by atoms with E-state index in [4.69, 9.17) is 0 Å². The van der Waals surface area contributed by atoms with Gasteiger partial charge in [-0.2, -0.15) is 0 Å². The summed E-state index contributed by atoms with van der Waals surface area (Å²) in [5.41, 5.74) is 3.97. The first-order valence-electron chi connectivity index (χ1n) is 6.77. The van der Waals surface area contributed by atoms with E-state index in [9.17, 15) is 4.79 Å². The standard InChI is InChI=1S/C16H19OPS/c1-9-10(2)15-13(16(17)19)11(3)14(9)18(15)12-7-5-4-6-8-12/h4-8,11,13-15H,1-3H3,(H,17,19)/t11-,13-,14-,15+,18?/m0/s1. The maximum atomic E-state index is 11.9. The topological polar surface area (TPSA) is 17.1 Å². The van der Waals surface area contributed by atoms with Crippen LogP contribution in [0.1, 0.15) is 20.8 Å². The van der Waals surface area contributed by atoms with Crippen LogP contribution < -0.4 is 5.30 Å². The minimum Gasteiger partial charge on any atom is -0.287 e. The Labute approximate surface area is 121 Å². The monoisotopic (exact) mass is 290 g/mol. The molecular formula is C16H19OPS. The second-order valence-corrected chi connectivity index (χ2v) is 8.61. The van der Waals surface area contributed by atoms with Gasteiger partial charge in [-0.15, -0.1) is 12.6 Å². The molecule has 1 saturated heterocycles. The Hall–Kier alpha value is -0.590. The molecule has 2 aliphatic rings. The van der Waals surface area contributed by atoms with Gasteiger partial charge in [0.2, 0.25) is 0 Å². The molecule has 2 bridgehead atoms. The highest BCUT2D eigenvalue weighted by atomic mass is 32.1. The minimum absolute atomic E-state index is 0.0790. The Morgan fingerprint density at radius 3 is 2.26 bits per heavy atom. The smallest absolute Gasteiger partial charge is 0.190 e. The zero-order valence-electron chi connectivity index (χ0n) is 11.5. The van der Waals surface area contributed by atoms with Crippen LogP contribution >= 0.6 is 20.6 Å². The Morgan fingerprint density at radius 1 is 1.11 bits per heavy atom. The third-order valence-electron chi connectivity index (χ3n) is 4.85. The van der Waals surface area contributed by atoms with Gasteiger partial charge in [0, 0.05) is 17.2 Å². The first-order chi connectivity index (χ1) is 9.04. The highest BCUT2D eigenvalue weighted by molar-refractivity contribution is 7.96. The number of fused-ring (bicyclic) bond motifs is 2. The molecule has 0 aromatic heterocycles. The molecule has 0 amide bonds. The molecule has 1 aromatic carbocycles. The van der Waals surface area contributed by atoms with E-state index in [0.29, 0.717) is 17.2 Å². The molecule has 5 atom stereocenters. The molecule has 2 aliphatic heterocycles. The third kappa shape index (κ3) is 1.84. The van der Waals surface area contributed by atoms with Crippen LogP contribution in [0.5, 0.6) is 0 Å². The van der Waals surface area contributed by atoms with E-state index in [1.54, 1.807) is 0 Å². The van der Waals surface area contributed by atoms with Gasteiger partial charge < -0.3 is 0 Å². The lowest BCUT2D eigenvalue weighted by atomic mass is 9.78. The van der Waals surface area contributed by atoms with Gasteiger partial charge in [0.05, 0.1) is 0 Å². The van der Waals surface area contributed by atoms with Crippen LogP contribution in [-0.4, -0.2) is 16.4 Å². The van der Waals surface area contributed by atoms with Crippen molar-refractivity contribution in [2.45, 2.75) is 32.1 Å². The van der Waals surface area contributed by atoms with Crippen LogP contribution in [0.3, 0.4) is 0 Å². The van der Waals surface area contributed by atoms with Crippen molar-refractivity contribution in [2.24, 2.45) is 11.8 Å². The number of carbonyl (C=O) groups excluding carboxylic acids is 1. The SMILES string of the molecule is CC1=C(C)[C@H]2[C@@H](C)[C@H](C(=O)S)[C@@H]1P2c1ccccc1. The molecule has 1 aromatic rings. The molecule has 0 saturated carbocycles. The van der Waals surface area contributed by atoms with E-state index in [1.807, 2.05) is 0 Å². The van der Waals surface area contributed by atoms with Crippen molar-refractivity contribution in [3.63, 3.8) is 0 Å². The average molecular weight is 290 g/mol. The molecular weight excluding hydrogens is 271 g/mol. The fourth-order valence-corrected chi connectivity index (χ4v) is 8.61. The number of carbonyl (C=O) groups is 1. The molecule has 1 nitrogen and oxygen atoms in total. The Balaban J connectivity index is 2.09. The van der Waals surface area contributed by atoms with Crippen molar-refractivity contribution < 1.29 is 4.79 Å². The zero-order valence-corrected chi connectivity index (χ0v) is 13.3. The fourth-order valence-electron chi connectivity index (χ4n) is 3.91. The van der Waals surface area contributed by atoms with E-state index in [1.165, 1.54) is 16.5 Å². The summed E-state index contributed by atoms with van der Waals surface area (Å²) in [6, 6.07) is 10.8. The lowest BCUT2D eigenvalue weighted by Crippen LogP contribution is -2.30. The van der Waals surface area contributed by atoms with Crippen molar-refractivity contribution in [1.82, 2.24) is 0 Å². The summed E-state index contributed by atoms with van der Waals surface area (Å²) in [5, 5.41) is 1.52. The maximum Gasteiger partial charge on any atom is 0.190 e. The number of allylic oxidation sites excluding steroid dienone is 2. The molecule has 0 N–H and O–H groups in total. The summed E-state index contributed by atoms with van der Waals surface area (Å²) in [4.78, 5) is 11.9. The average Bonchev–Trinajstić information content (AvgIpc) is 2.82. The van der Waals surface area contributed by atoms with Crippen molar-refractivity contribution in [3.05, 3.63) is 41.5 Å². The van der Waals surface area contributed by atoms with E-state index >= 15 is 0 Å². The number of hydrogen-bond donors (Lipinski definition) is 1.